The lowest BCUT2D eigenvalue weighted by Crippen LogP contribution is -2.03. The van der Waals surface area contributed by atoms with E-state index in [2.05, 4.69) is 55.2 Å². The Kier molecular flexibility index (Phi) is 6.22. The van der Waals surface area contributed by atoms with Gasteiger partial charge in [0, 0.05) is 17.3 Å². The van der Waals surface area contributed by atoms with E-state index < -0.39 is 0 Å². The van der Waals surface area contributed by atoms with E-state index in [4.69, 9.17) is 0 Å². The van der Waals surface area contributed by atoms with Crippen molar-refractivity contribution in [2.45, 2.75) is 32.1 Å². The van der Waals surface area contributed by atoms with Gasteiger partial charge in [0.15, 0.2) is 11.6 Å². The van der Waals surface area contributed by atoms with Gasteiger partial charge >= 0.3 is 0 Å². The molecule has 0 heterocycles. The summed E-state index contributed by atoms with van der Waals surface area (Å²) in [4.78, 5) is 20.3. The van der Waals surface area contributed by atoms with Crippen LogP contribution in [0.3, 0.4) is 0 Å². The quantitative estimate of drug-likeness (QED) is 0.750. The van der Waals surface area contributed by atoms with Gasteiger partial charge in [-0.25, -0.2) is 0 Å². The van der Waals surface area contributed by atoms with Crippen molar-refractivity contribution < 1.29 is 14.7 Å². The van der Waals surface area contributed by atoms with E-state index in [-0.39, 0.29) is 30.5 Å². The molecule has 0 spiro atoms. The summed E-state index contributed by atoms with van der Waals surface area (Å²) >= 11 is 0. The fraction of sp³-hybridized carbons (Fsp3) is 0.250. The summed E-state index contributed by atoms with van der Waals surface area (Å²) in [6, 6.07) is 14.7. The van der Waals surface area contributed by atoms with Crippen molar-refractivity contribution in [1.29, 1.82) is 0 Å². The van der Waals surface area contributed by atoms with Crippen LogP contribution < -0.4 is 5.32 Å². The summed E-state index contributed by atoms with van der Waals surface area (Å²) in [5.41, 5.74) is 6.99. The molecule has 0 bridgehead atoms. The lowest BCUT2D eigenvalue weighted by molar-refractivity contribution is -0.120. The predicted molar refractivity (Wildman–Crippen MR) is 112 cm³/mol. The number of rotatable bonds is 5. The first-order valence-corrected chi connectivity index (χ1v) is 9.56. The van der Waals surface area contributed by atoms with Crippen LogP contribution in [0.4, 0.5) is 5.69 Å². The molecular formula is C24H25NO3. The summed E-state index contributed by atoms with van der Waals surface area (Å²) in [6.07, 6.45) is 4.76. The minimum absolute atomic E-state index is 0.0787. The van der Waals surface area contributed by atoms with Crippen LogP contribution in [-0.4, -0.2) is 23.3 Å². The zero-order valence-electron chi connectivity index (χ0n) is 16.1. The Morgan fingerprint density at radius 3 is 2.36 bits per heavy atom. The van der Waals surface area contributed by atoms with Gasteiger partial charge in [-0.2, -0.15) is 0 Å². The molecule has 0 saturated carbocycles. The molecule has 0 aromatic heterocycles. The summed E-state index contributed by atoms with van der Waals surface area (Å²) in [7, 11) is 0. The molecule has 1 unspecified atom stereocenters. The van der Waals surface area contributed by atoms with Crippen molar-refractivity contribution in [1.82, 2.24) is 0 Å². The Bertz CT molecular complexity index is 927. The number of nitrogens with one attached hydrogen (secondary N) is 1. The molecule has 0 radical (unpaired) electrons. The molecule has 2 aliphatic carbocycles. The highest BCUT2D eigenvalue weighted by molar-refractivity contribution is 6.16. The molecule has 28 heavy (non-hydrogen) atoms. The minimum atomic E-state index is -0.0787. The van der Waals surface area contributed by atoms with Gasteiger partial charge in [0.1, 0.15) is 0 Å². The molecule has 4 heteroatoms. The third kappa shape index (κ3) is 4.29. The highest BCUT2D eigenvalue weighted by atomic mass is 16.3. The van der Waals surface area contributed by atoms with Gasteiger partial charge in [-0.1, -0.05) is 50.3 Å². The van der Waals surface area contributed by atoms with Gasteiger partial charge in [0.25, 0.3) is 0 Å². The Hall–Kier alpha value is -2.98. The predicted octanol–water partition coefficient (Wildman–Crippen LogP) is 4.60. The van der Waals surface area contributed by atoms with Crippen molar-refractivity contribution in [2.24, 2.45) is 0 Å². The van der Waals surface area contributed by atoms with E-state index in [0.717, 1.165) is 24.2 Å². The van der Waals surface area contributed by atoms with Crippen LogP contribution in [0.5, 0.6) is 0 Å². The third-order valence-electron chi connectivity index (χ3n) is 4.91. The molecule has 4 rings (SSSR count). The number of allylic oxidation sites excluding steroid dienone is 3. The third-order valence-corrected chi connectivity index (χ3v) is 4.91. The van der Waals surface area contributed by atoms with Crippen molar-refractivity contribution >= 4 is 17.3 Å². The maximum Gasteiger partial charge on any atom is 0.163 e. The number of carbonyl (C=O) groups excluding carboxylic acids is 2. The first-order chi connectivity index (χ1) is 13.5. The molecular weight excluding hydrogens is 350 g/mol. The van der Waals surface area contributed by atoms with Crippen molar-refractivity contribution in [3.8, 4) is 11.1 Å². The number of benzene rings is 2. The SMILES string of the molecule is C=C(CCC)Nc1ccc2c(c1)C(CO)c1ccccc1-2.O=C1C=CC(=O)C1. The number of hydrogen-bond acceptors (Lipinski definition) is 4. The Balaban J connectivity index is 0.000000271. The number of ketones is 2. The molecule has 144 valence electrons. The maximum absolute atomic E-state index is 10.1. The Morgan fingerprint density at radius 2 is 1.75 bits per heavy atom. The number of aliphatic hydroxyl groups excluding tert-OH is 1. The molecule has 2 aliphatic rings. The Morgan fingerprint density at radius 1 is 1.07 bits per heavy atom. The van der Waals surface area contributed by atoms with E-state index in [9.17, 15) is 14.7 Å². The summed E-state index contributed by atoms with van der Waals surface area (Å²) in [5.74, 6) is -0.0765. The smallest absolute Gasteiger partial charge is 0.163 e. The molecule has 1 atom stereocenters. The fourth-order valence-electron chi connectivity index (χ4n) is 3.63. The minimum Gasteiger partial charge on any atom is -0.395 e. The molecule has 0 aliphatic heterocycles. The number of fused-ring (bicyclic) bond motifs is 3. The lowest BCUT2D eigenvalue weighted by atomic mass is 9.98. The zero-order valence-corrected chi connectivity index (χ0v) is 16.1. The Labute approximate surface area is 165 Å². The average molecular weight is 375 g/mol. The highest BCUT2D eigenvalue weighted by Gasteiger charge is 2.27. The lowest BCUT2D eigenvalue weighted by Gasteiger charge is -2.13. The maximum atomic E-state index is 10.1. The molecule has 0 saturated heterocycles. The molecule has 2 aromatic carbocycles. The average Bonchev–Trinajstić information content (AvgIpc) is 3.21. The summed E-state index contributed by atoms with van der Waals surface area (Å²) in [6.45, 7) is 6.34. The van der Waals surface area contributed by atoms with Crippen LogP contribution in [-0.2, 0) is 9.59 Å². The second-order valence-electron chi connectivity index (χ2n) is 7.05. The number of aliphatic hydroxyl groups is 1. The van der Waals surface area contributed by atoms with E-state index in [0.29, 0.717) is 0 Å². The van der Waals surface area contributed by atoms with Gasteiger partial charge in [-0.15, -0.1) is 0 Å². The van der Waals surface area contributed by atoms with Crippen LogP contribution in [0, 0.1) is 0 Å². The van der Waals surface area contributed by atoms with Crippen LogP contribution in [0.2, 0.25) is 0 Å². The van der Waals surface area contributed by atoms with Crippen LogP contribution in [0.15, 0.2) is 66.9 Å². The molecule has 2 N–H and O–H groups in total. The molecule has 0 amide bonds. The number of anilines is 1. The van der Waals surface area contributed by atoms with Crippen molar-refractivity contribution in [3.63, 3.8) is 0 Å². The summed E-state index contributed by atoms with van der Waals surface area (Å²) < 4.78 is 0. The number of carbonyl (C=O) groups is 2. The summed E-state index contributed by atoms with van der Waals surface area (Å²) in [5, 5.41) is 13.1. The molecule has 2 aromatic rings. The standard InChI is InChI=1S/C19H21NO.C5H4O2/c1-3-6-13(2)20-14-9-10-17-15-7-4-5-8-16(15)19(12-21)18(17)11-14;6-4-1-2-5(7)3-4/h4-5,7-11,19-21H,2-3,6,12H2,1H3;1-2H,3H2. The van der Waals surface area contributed by atoms with E-state index in [1.807, 2.05) is 6.07 Å². The van der Waals surface area contributed by atoms with Crippen molar-refractivity contribution in [3.05, 3.63) is 78.0 Å². The van der Waals surface area contributed by atoms with Crippen LogP contribution in [0.25, 0.3) is 11.1 Å². The molecule has 4 nitrogen and oxygen atoms in total. The van der Waals surface area contributed by atoms with Crippen LogP contribution >= 0.6 is 0 Å². The van der Waals surface area contributed by atoms with E-state index in [1.165, 1.54) is 34.4 Å². The normalized spacial score (nSPS) is 16.3. The van der Waals surface area contributed by atoms with Crippen LogP contribution in [0.1, 0.15) is 43.2 Å². The topological polar surface area (TPSA) is 66.4 Å². The van der Waals surface area contributed by atoms with E-state index >= 15 is 0 Å². The van der Waals surface area contributed by atoms with Gasteiger partial charge in [-0.05, 0) is 53.0 Å². The first-order valence-electron chi connectivity index (χ1n) is 9.56. The second kappa shape index (κ2) is 8.81. The highest BCUT2D eigenvalue weighted by Crippen LogP contribution is 2.45. The zero-order chi connectivity index (χ0) is 20.1. The van der Waals surface area contributed by atoms with Gasteiger partial charge in [0.2, 0.25) is 0 Å². The molecule has 0 fully saturated rings. The second-order valence-corrected chi connectivity index (χ2v) is 7.05. The largest absolute Gasteiger partial charge is 0.395 e. The fourth-order valence-corrected chi connectivity index (χ4v) is 3.63. The first kappa shape index (κ1) is 19.8. The van der Waals surface area contributed by atoms with Crippen molar-refractivity contribution in [2.75, 3.05) is 11.9 Å². The van der Waals surface area contributed by atoms with Gasteiger partial charge in [-0.3, -0.25) is 9.59 Å². The van der Waals surface area contributed by atoms with E-state index in [1.54, 1.807) is 0 Å². The monoisotopic (exact) mass is 375 g/mol. The number of hydrogen-bond donors (Lipinski definition) is 2. The van der Waals surface area contributed by atoms with Gasteiger partial charge in [0.05, 0.1) is 13.0 Å². The van der Waals surface area contributed by atoms with Gasteiger partial charge < -0.3 is 10.4 Å².